The van der Waals surface area contributed by atoms with Gasteiger partial charge in [0.05, 0.1) is 19.3 Å². The molecule has 20 heavy (non-hydrogen) atoms. The van der Waals surface area contributed by atoms with Gasteiger partial charge in [-0.2, -0.15) is 5.10 Å². The van der Waals surface area contributed by atoms with Gasteiger partial charge in [0.2, 0.25) is 0 Å². The number of aryl methyl sites for hydroxylation is 1. The zero-order chi connectivity index (χ0) is 14.5. The standard InChI is InChI=1S/C14H18ClN3O2/c1-3-18-14(13(19-2)8-17-18)12(16)9-20-11-6-4-5-10(15)7-11/h4-8,12H,3,9,16H2,1-2H3. The Balaban J connectivity index is 2.08. The average molecular weight is 296 g/mol. The maximum atomic E-state index is 6.18. The molecule has 0 aliphatic rings. The van der Waals surface area contributed by atoms with Gasteiger partial charge in [-0.05, 0) is 25.1 Å². The molecule has 0 bridgehead atoms. The van der Waals surface area contributed by atoms with Gasteiger partial charge in [-0.1, -0.05) is 17.7 Å². The van der Waals surface area contributed by atoms with Crippen molar-refractivity contribution >= 4 is 11.6 Å². The van der Waals surface area contributed by atoms with Gasteiger partial charge in [0.25, 0.3) is 0 Å². The molecule has 1 heterocycles. The van der Waals surface area contributed by atoms with Crippen LogP contribution in [0.15, 0.2) is 30.5 Å². The predicted octanol–water partition coefficient (Wildman–Crippen LogP) is 2.64. The van der Waals surface area contributed by atoms with Crippen LogP contribution in [0.2, 0.25) is 5.02 Å². The van der Waals surface area contributed by atoms with Crippen molar-refractivity contribution in [3.63, 3.8) is 0 Å². The first-order chi connectivity index (χ1) is 9.65. The van der Waals surface area contributed by atoms with Crippen molar-refractivity contribution in [2.75, 3.05) is 13.7 Å². The highest BCUT2D eigenvalue weighted by Gasteiger charge is 2.18. The van der Waals surface area contributed by atoms with Crippen molar-refractivity contribution in [2.45, 2.75) is 19.5 Å². The second-order valence-electron chi connectivity index (χ2n) is 4.29. The number of rotatable bonds is 6. The third-order valence-electron chi connectivity index (χ3n) is 2.94. The molecule has 2 aromatic rings. The molecule has 0 aliphatic heterocycles. The number of methoxy groups -OCH3 is 1. The third-order valence-corrected chi connectivity index (χ3v) is 3.18. The maximum Gasteiger partial charge on any atom is 0.161 e. The number of nitrogens with two attached hydrogens (primary N) is 1. The molecule has 1 aromatic heterocycles. The van der Waals surface area contributed by atoms with Gasteiger partial charge in [0.1, 0.15) is 18.1 Å². The van der Waals surface area contributed by atoms with E-state index in [1.807, 2.05) is 23.7 Å². The van der Waals surface area contributed by atoms with E-state index < -0.39 is 0 Å². The minimum atomic E-state index is -0.327. The summed E-state index contributed by atoms with van der Waals surface area (Å²) in [6.45, 7) is 3.05. The Labute approximate surface area is 123 Å². The van der Waals surface area contributed by atoms with Crippen LogP contribution in [-0.2, 0) is 6.54 Å². The Morgan fingerprint density at radius 1 is 1.45 bits per heavy atom. The Hall–Kier alpha value is -1.72. The van der Waals surface area contributed by atoms with Crippen LogP contribution in [0.3, 0.4) is 0 Å². The lowest BCUT2D eigenvalue weighted by Crippen LogP contribution is -2.23. The lowest BCUT2D eigenvalue weighted by atomic mass is 10.2. The van der Waals surface area contributed by atoms with Crippen molar-refractivity contribution in [3.8, 4) is 11.5 Å². The summed E-state index contributed by atoms with van der Waals surface area (Å²) in [4.78, 5) is 0. The molecule has 1 atom stereocenters. The summed E-state index contributed by atoms with van der Waals surface area (Å²) in [6.07, 6.45) is 1.66. The first-order valence-electron chi connectivity index (χ1n) is 6.39. The molecule has 2 rings (SSSR count). The summed E-state index contributed by atoms with van der Waals surface area (Å²) in [5.41, 5.74) is 7.01. The monoisotopic (exact) mass is 295 g/mol. The number of ether oxygens (including phenoxy) is 2. The molecule has 1 aromatic carbocycles. The average Bonchev–Trinajstić information content (AvgIpc) is 2.88. The highest BCUT2D eigenvalue weighted by atomic mass is 35.5. The van der Waals surface area contributed by atoms with Gasteiger partial charge in [-0.3, -0.25) is 4.68 Å². The van der Waals surface area contributed by atoms with Gasteiger partial charge in [-0.15, -0.1) is 0 Å². The van der Waals surface area contributed by atoms with Crippen LogP contribution in [0.4, 0.5) is 0 Å². The van der Waals surface area contributed by atoms with Gasteiger partial charge >= 0.3 is 0 Å². The first-order valence-corrected chi connectivity index (χ1v) is 6.77. The molecule has 0 radical (unpaired) electrons. The summed E-state index contributed by atoms with van der Waals surface area (Å²) >= 11 is 5.91. The van der Waals surface area contributed by atoms with E-state index in [1.54, 1.807) is 25.4 Å². The number of hydrogen-bond acceptors (Lipinski definition) is 4. The molecular weight excluding hydrogens is 278 g/mol. The molecule has 108 valence electrons. The molecule has 1 unspecified atom stereocenters. The second kappa shape index (κ2) is 6.63. The van der Waals surface area contributed by atoms with Gasteiger partial charge in [0.15, 0.2) is 5.75 Å². The zero-order valence-electron chi connectivity index (χ0n) is 11.5. The SMILES string of the molecule is CCn1ncc(OC)c1C(N)COc1cccc(Cl)c1. The maximum absolute atomic E-state index is 6.18. The van der Waals surface area contributed by atoms with Crippen LogP contribution in [0.25, 0.3) is 0 Å². The summed E-state index contributed by atoms with van der Waals surface area (Å²) in [5, 5.41) is 4.86. The van der Waals surface area contributed by atoms with E-state index in [4.69, 9.17) is 26.8 Å². The smallest absolute Gasteiger partial charge is 0.161 e. The molecule has 6 heteroatoms. The summed E-state index contributed by atoms with van der Waals surface area (Å²) < 4.78 is 12.8. The molecule has 0 amide bonds. The normalized spacial score (nSPS) is 12.2. The molecule has 0 saturated heterocycles. The van der Waals surface area contributed by atoms with Crippen molar-refractivity contribution < 1.29 is 9.47 Å². The predicted molar refractivity (Wildman–Crippen MR) is 78.3 cm³/mol. The fourth-order valence-electron chi connectivity index (χ4n) is 1.98. The van der Waals surface area contributed by atoms with E-state index in [2.05, 4.69) is 5.10 Å². The Kier molecular flexibility index (Phi) is 4.87. The second-order valence-corrected chi connectivity index (χ2v) is 4.73. The highest BCUT2D eigenvalue weighted by molar-refractivity contribution is 6.30. The molecular formula is C14H18ClN3O2. The minimum absolute atomic E-state index is 0.322. The highest BCUT2D eigenvalue weighted by Crippen LogP contribution is 2.25. The van der Waals surface area contributed by atoms with Crippen LogP contribution in [0, 0.1) is 0 Å². The number of halogens is 1. The number of benzene rings is 1. The zero-order valence-corrected chi connectivity index (χ0v) is 12.3. The lowest BCUT2D eigenvalue weighted by Gasteiger charge is -2.16. The van der Waals surface area contributed by atoms with Crippen molar-refractivity contribution in [2.24, 2.45) is 5.73 Å². The van der Waals surface area contributed by atoms with Crippen LogP contribution in [0.5, 0.6) is 11.5 Å². The molecule has 5 nitrogen and oxygen atoms in total. The molecule has 0 spiro atoms. The number of hydrogen-bond donors (Lipinski definition) is 1. The lowest BCUT2D eigenvalue weighted by molar-refractivity contribution is 0.280. The number of aromatic nitrogens is 2. The van der Waals surface area contributed by atoms with E-state index >= 15 is 0 Å². The molecule has 0 saturated carbocycles. The fourth-order valence-corrected chi connectivity index (χ4v) is 2.16. The Morgan fingerprint density at radius 2 is 2.25 bits per heavy atom. The minimum Gasteiger partial charge on any atom is -0.493 e. The van der Waals surface area contributed by atoms with E-state index in [0.29, 0.717) is 23.1 Å². The van der Waals surface area contributed by atoms with E-state index in [9.17, 15) is 0 Å². The summed E-state index contributed by atoms with van der Waals surface area (Å²) in [7, 11) is 1.60. The summed E-state index contributed by atoms with van der Waals surface area (Å²) in [6, 6.07) is 6.89. The molecule has 0 aliphatic carbocycles. The van der Waals surface area contributed by atoms with E-state index in [0.717, 1.165) is 12.2 Å². The van der Waals surface area contributed by atoms with Crippen molar-refractivity contribution in [1.82, 2.24) is 9.78 Å². The fraction of sp³-hybridized carbons (Fsp3) is 0.357. The summed E-state index contributed by atoms with van der Waals surface area (Å²) in [5.74, 6) is 1.36. The van der Waals surface area contributed by atoms with Crippen molar-refractivity contribution in [3.05, 3.63) is 41.2 Å². The van der Waals surface area contributed by atoms with Gasteiger partial charge in [-0.25, -0.2) is 0 Å². The first kappa shape index (κ1) is 14.7. The quantitative estimate of drug-likeness (QED) is 0.890. The molecule has 2 N–H and O–H groups in total. The van der Waals surface area contributed by atoms with Crippen LogP contribution in [0.1, 0.15) is 18.7 Å². The largest absolute Gasteiger partial charge is 0.493 e. The van der Waals surface area contributed by atoms with Crippen molar-refractivity contribution in [1.29, 1.82) is 0 Å². The van der Waals surface area contributed by atoms with E-state index in [1.165, 1.54) is 0 Å². The topological polar surface area (TPSA) is 62.3 Å². The van der Waals surface area contributed by atoms with Gasteiger partial charge in [0, 0.05) is 11.6 Å². The van der Waals surface area contributed by atoms with Crippen LogP contribution in [-0.4, -0.2) is 23.5 Å². The Bertz CT molecular complexity index is 550. The molecule has 0 fully saturated rings. The van der Waals surface area contributed by atoms with Gasteiger partial charge < -0.3 is 15.2 Å². The van der Waals surface area contributed by atoms with Crippen LogP contribution >= 0.6 is 11.6 Å². The van der Waals surface area contributed by atoms with E-state index in [-0.39, 0.29) is 6.04 Å². The third kappa shape index (κ3) is 3.23. The number of nitrogens with zero attached hydrogens (tertiary/aromatic N) is 2. The Morgan fingerprint density at radius 3 is 2.90 bits per heavy atom. The van der Waals surface area contributed by atoms with Crippen LogP contribution < -0.4 is 15.2 Å².